The Morgan fingerprint density at radius 1 is 0.347 bits per heavy atom. The molecule has 15 rings (SSSR count). The third-order valence-electron chi connectivity index (χ3n) is 15.5. The summed E-state index contributed by atoms with van der Waals surface area (Å²) in [4.78, 5) is 16.4. The van der Waals surface area contributed by atoms with E-state index in [1.54, 1.807) is 6.07 Å². The Hall–Kier alpha value is -9.44. The first-order valence-corrected chi connectivity index (χ1v) is 26.7. The lowest BCUT2D eigenvalue weighted by molar-refractivity contribution is 0.555. The summed E-state index contributed by atoms with van der Waals surface area (Å²) < 4.78 is 36.5. The molecular weight excluding hydrogens is 941 g/mol. The largest absolute Gasteiger partial charge is 0.309 e. The Labute approximate surface area is 432 Å². The molecule has 0 aliphatic carbocycles. The fourth-order valence-corrected chi connectivity index (χ4v) is 13.9. The van der Waals surface area contributed by atoms with Crippen LogP contribution in [0.2, 0.25) is 0 Å². The highest BCUT2D eigenvalue weighted by Gasteiger charge is 2.41. The summed E-state index contributed by atoms with van der Waals surface area (Å²) in [6.07, 6.45) is 0. The second-order valence-corrected chi connectivity index (χ2v) is 21.9. The van der Waals surface area contributed by atoms with Crippen LogP contribution in [0.3, 0.4) is 0 Å². The predicted octanol–water partition coefficient (Wildman–Crippen LogP) is 15.6. The van der Waals surface area contributed by atoms with Gasteiger partial charge in [-0.25, -0.2) is 13.4 Å². The monoisotopic (exact) mass is 984 g/mol. The summed E-state index contributed by atoms with van der Waals surface area (Å²) in [5, 5.41) is 6.57. The molecule has 8 nitrogen and oxygen atoms in total. The molecule has 0 N–H and O–H groups in total. The smallest absolute Gasteiger partial charge is 0.238 e. The summed E-state index contributed by atoms with van der Waals surface area (Å²) >= 11 is 0. The van der Waals surface area contributed by atoms with Gasteiger partial charge in [0, 0.05) is 60.2 Å². The second-order valence-electron chi connectivity index (χ2n) is 20.0. The number of hydrogen-bond acceptors (Lipinski definition) is 5. The van der Waals surface area contributed by atoms with Gasteiger partial charge in [0.25, 0.3) is 0 Å². The third-order valence-corrected chi connectivity index (χ3v) is 17.4. The zero-order valence-electron chi connectivity index (χ0n) is 40.8. The first-order valence-electron chi connectivity index (χ1n) is 25.2. The molecule has 356 valence electrons. The predicted molar refractivity (Wildman–Crippen MR) is 303 cm³/mol. The van der Waals surface area contributed by atoms with Crippen LogP contribution >= 0.6 is 0 Å². The van der Waals surface area contributed by atoms with E-state index in [1.165, 1.54) is 0 Å². The molecule has 1 aliphatic heterocycles. The van der Waals surface area contributed by atoms with Crippen LogP contribution in [-0.2, 0) is 15.3 Å². The van der Waals surface area contributed by atoms with Crippen molar-refractivity contribution in [1.29, 1.82) is 0 Å². The normalized spacial score (nSPS) is 13.8. The molecule has 0 saturated heterocycles. The number of benzene rings is 10. The van der Waals surface area contributed by atoms with Crippen molar-refractivity contribution in [3.05, 3.63) is 242 Å². The molecule has 0 atom stereocenters. The Morgan fingerprint density at radius 2 is 0.800 bits per heavy atom. The fourth-order valence-electron chi connectivity index (χ4n) is 12.0. The average Bonchev–Trinajstić information content (AvgIpc) is 4.16. The molecule has 75 heavy (non-hydrogen) atoms. The van der Waals surface area contributed by atoms with Gasteiger partial charge in [0.05, 0.1) is 42.9 Å². The summed E-state index contributed by atoms with van der Waals surface area (Å²) in [5.41, 5.74) is 12.6. The highest BCUT2D eigenvalue weighted by molar-refractivity contribution is 7.91. The van der Waals surface area contributed by atoms with Crippen molar-refractivity contribution in [2.24, 2.45) is 0 Å². The molecule has 0 radical (unpaired) electrons. The van der Waals surface area contributed by atoms with E-state index < -0.39 is 15.3 Å². The van der Waals surface area contributed by atoms with Gasteiger partial charge in [-0.15, -0.1) is 0 Å². The maximum atomic E-state index is 14.8. The van der Waals surface area contributed by atoms with Gasteiger partial charge in [0.15, 0.2) is 11.6 Å². The number of fused-ring (bicyclic) bond motifs is 12. The van der Waals surface area contributed by atoms with Gasteiger partial charge in [-0.3, -0.25) is 4.57 Å². The number of hydrogen-bond donors (Lipinski definition) is 0. The molecule has 0 bridgehead atoms. The minimum absolute atomic E-state index is 0.334. The van der Waals surface area contributed by atoms with Crippen LogP contribution in [0.5, 0.6) is 0 Å². The summed E-state index contributed by atoms with van der Waals surface area (Å²) in [7, 11) is -3.87. The van der Waals surface area contributed by atoms with Crippen LogP contribution in [0.4, 0.5) is 0 Å². The molecule has 9 heteroatoms. The van der Waals surface area contributed by atoms with Gasteiger partial charge in [-0.05, 0) is 95.1 Å². The molecule has 10 aromatic carbocycles. The van der Waals surface area contributed by atoms with Crippen molar-refractivity contribution in [3.8, 4) is 51.2 Å². The van der Waals surface area contributed by atoms with Gasteiger partial charge < -0.3 is 9.13 Å². The molecule has 14 aromatic rings. The van der Waals surface area contributed by atoms with E-state index in [-0.39, 0.29) is 0 Å². The minimum Gasteiger partial charge on any atom is -0.309 e. The second kappa shape index (κ2) is 16.0. The third kappa shape index (κ3) is 6.34. The summed E-state index contributed by atoms with van der Waals surface area (Å²) in [5.74, 6) is 1.63. The van der Waals surface area contributed by atoms with E-state index >= 15 is 0 Å². The van der Waals surface area contributed by atoms with Crippen molar-refractivity contribution >= 4 is 75.3 Å². The topological polar surface area (TPSA) is 87.6 Å². The highest BCUT2D eigenvalue weighted by atomic mass is 32.2. The molecule has 1 aliphatic rings. The number of para-hydroxylation sites is 4. The molecule has 0 spiro atoms. The lowest BCUT2D eigenvalue weighted by atomic mass is 9.76. The summed E-state index contributed by atoms with van der Waals surface area (Å²) in [6, 6.07) is 78.8. The molecular formula is C66H44N6O2S. The Balaban J connectivity index is 0.965. The first kappa shape index (κ1) is 43.2. The minimum atomic E-state index is -3.87. The molecule has 4 aromatic heterocycles. The van der Waals surface area contributed by atoms with Gasteiger partial charge in [0.1, 0.15) is 0 Å². The van der Waals surface area contributed by atoms with Crippen LogP contribution in [-0.4, -0.2) is 37.1 Å². The van der Waals surface area contributed by atoms with E-state index in [2.05, 4.69) is 167 Å². The van der Waals surface area contributed by atoms with Gasteiger partial charge >= 0.3 is 0 Å². The van der Waals surface area contributed by atoms with Crippen LogP contribution in [0.25, 0.3) is 117 Å². The maximum absolute atomic E-state index is 14.8. The van der Waals surface area contributed by atoms with Crippen LogP contribution in [0.1, 0.15) is 25.0 Å². The standard InChI is InChI=1S/C66H44N6O2S/c1-66(2)53-39-44(31-36-59(53)75(73,74)60-37-32-46(40-54(60)66)70-55-27-15-12-24-47(55)48-25-13-16-28-56(48)70)43-30-35-58-52(38-43)51-34-33-50-49-26-14-17-29-57(49)71(45-22-10-5-11-23-45)61(50)62(51)72(58)65-68-63(41-18-6-3-7-19-41)67-64(69-65)42-20-8-4-9-21-42/h3-40H,1-2H3. The van der Waals surface area contributed by atoms with E-state index in [4.69, 9.17) is 15.0 Å². The Bertz CT molecular complexity index is 4690. The zero-order valence-corrected chi connectivity index (χ0v) is 41.7. The number of aromatic nitrogens is 6. The Morgan fingerprint density at radius 3 is 1.41 bits per heavy atom. The van der Waals surface area contributed by atoms with Crippen molar-refractivity contribution in [1.82, 2.24) is 28.7 Å². The Kier molecular flexibility index (Phi) is 9.23. The molecule has 5 heterocycles. The molecule has 0 amide bonds. The zero-order chi connectivity index (χ0) is 50.2. The lowest BCUT2D eigenvalue weighted by Crippen LogP contribution is -2.30. The molecule has 0 unspecified atom stereocenters. The van der Waals surface area contributed by atoms with Crippen LogP contribution in [0.15, 0.2) is 240 Å². The van der Waals surface area contributed by atoms with Gasteiger partial charge in [0.2, 0.25) is 15.8 Å². The first-order chi connectivity index (χ1) is 36.7. The SMILES string of the molecule is CC1(C)c2cc(-c3ccc4c(c3)c3ccc5c6ccccc6n(-c6ccccc6)c5c3n4-c3nc(-c4ccccc4)nc(-c4ccccc4)n3)ccc2S(=O)(=O)c2ccc(-n3c4ccccc4c4ccccc43)cc21. The van der Waals surface area contributed by atoms with Crippen molar-refractivity contribution in [2.75, 3.05) is 0 Å². The molecule has 0 saturated carbocycles. The van der Waals surface area contributed by atoms with Gasteiger partial charge in [-0.1, -0.05) is 172 Å². The van der Waals surface area contributed by atoms with Crippen LogP contribution < -0.4 is 0 Å². The lowest BCUT2D eigenvalue weighted by Gasteiger charge is -2.35. The number of sulfone groups is 1. The average molecular weight is 985 g/mol. The number of nitrogens with zero attached hydrogens (tertiary/aromatic N) is 6. The highest BCUT2D eigenvalue weighted by Crippen LogP contribution is 2.49. The van der Waals surface area contributed by atoms with Crippen molar-refractivity contribution < 1.29 is 8.42 Å². The van der Waals surface area contributed by atoms with E-state index in [9.17, 15) is 8.42 Å². The van der Waals surface area contributed by atoms with E-state index in [1.807, 2.05) is 84.9 Å². The fraction of sp³-hybridized carbons (Fsp3) is 0.0455. The maximum Gasteiger partial charge on any atom is 0.238 e. The molecule has 0 fully saturated rings. The van der Waals surface area contributed by atoms with E-state index in [0.29, 0.717) is 27.4 Å². The number of rotatable bonds is 6. The van der Waals surface area contributed by atoms with Crippen LogP contribution in [0, 0.1) is 0 Å². The van der Waals surface area contributed by atoms with E-state index in [0.717, 1.165) is 110 Å². The van der Waals surface area contributed by atoms with Crippen molar-refractivity contribution in [3.63, 3.8) is 0 Å². The van der Waals surface area contributed by atoms with Crippen molar-refractivity contribution in [2.45, 2.75) is 29.1 Å². The quantitative estimate of drug-likeness (QED) is 0.166. The summed E-state index contributed by atoms with van der Waals surface area (Å²) in [6.45, 7) is 4.30. The van der Waals surface area contributed by atoms with Gasteiger partial charge in [-0.2, -0.15) is 9.97 Å².